The number of aromatic nitrogens is 3. The van der Waals surface area contributed by atoms with Gasteiger partial charge in [0.05, 0.1) is 47.2 Å². The number of rotatable bonds is 24. The van der Waals surface area contributed by atoms with Crippen LogP contribution in [-0.2, 0) is 57.8 Å². The van der Waals surface area contributed by atoms with Gasteiger partial charge in [-0.3, -0.25) is 34.1 Å². The minimum Gasteiger partial charge on any atom is -0.463 e. The molecule has 1 aliphatic rings. The van der Waals surface area contributed by atoms with E-state index in [1.165, 1.54) is 24.3 Å². The number of nitrogens with two attached hydrogens (primary N) is 2. The number of nitrogens with one attached hydrogen (secondary N) is 3. The number of nitrogens with zero attached hydrogens (tertiary/aromatic N) is 3. The van der Waals surface area contributed by atoms with Crippen molar-refractivity contribution in [2.24, 2.45) is 23.3 Å². The molecule has 1 unspecified atom stereocenters. The fourth-order valence-electron chi connectivity index (χ4n) is 10.1. The molecule has 0 saturated carbocycles. The van der Waals surface area contributed by atoms with Crippen LogP contribution in [0.3, 0.4) is 0 Å². The van der Waals surface area contributed by atoms with Crippen molar-refractivity contribution in [3.8, 4) is 11.1 Å². The molecule has 0 fully saturated rings. The number of carbonyl (C=O) groups excluding carboxylic acids is 6. The van der Waals surface area contributed by atoms with Crippen LogP contribution in [0.5, 0.6) is 0 Å². The minimum absolute atomic E-state index is 0.116. The van der Waals surface area contributed by atoms with Gasteiger partial charge in [-0.05, 0) is 158 Å². The van der Waals surface area contributed by atoms with Gasteiger partial charge in [-0.1, -0.05) is 88.4 Å². The lowest BCUT2D eigenvalue weighted by atomic mass is 9.77. The summed E-state index contributed by atoms with van der Waals surface area (Å²) in [4.78, 5) is 91.7. The van der Waals surface area contributed by atoms with E-state index in [0.29, 0.717) is 108 Å². The molecule has 8 rings (SSSR count). The van der Waals surface area contributed by atoms with Gasteiger partial charge >= 0.3 is 11.9 Å². The highest BCUT2D eigenvalue weighted by Crippen LogP contribution is 2.41. The average molecular weight is 1170 g/mol. The third-order valence-corrected chi connectivity index (χ3v) is 14.0. The molecule has 18 heteroatoms. The maximum Gasteiger partial charge on any atom is 0.340 e. The lowest BCUT2D eigenvalue weighted by Crippen LogP contribution is -2.36. The number of esters is 2. The first kappa shape index (κ1) is 63.9. The Morgan fingerprint density at radius 1 is 0.547 bits per heavy atom. The summed E-state index contributed by atoms with van der Waals surface area (Å²) in [6, 6.07) is 33.1. The van der Waals surface area contributed by atoms with Crippen LogP contribution in [0, 0.1) is 23.5 Å². The minimum atomic E-state index is -0.803. The van der Waals surface area contributed by atoms with E-state index >= 15 is 0 Å². The summed E-state index contributed by atoms with van der Waals surface area (Å²) in [5.41, 5.74) is 20.8. The molecule has 4 heterocycles. The second-order valence-electron chi connectivity index (χ2n) is 21.4. The van der Waals surface area contributed by atoms with Crippen LogP contribution in [0.25, 0.3) is 11.1 Å². The molecule has 4 aromatic carbocycles. The van der Waals surface area contributed by atoms with Crippen molar-refractivity contribution in [1.82, 2.24) is 30.9 Å². The van der Waals surface area contributed by atoms with Crippen molar-refractivity contribution in [3.63, 3.8) is 0 Å². The van der Waals surface area contributed by atoms with E-state index in [1.807, 2.05) is 39.8 Å². The van der Waals surface area contributed by atoms with Crippen molar-refractivity contribution < 1.29 is 47.0 Å². The standard InChI is InChI=1S/C34H37FN4O4.C34H35FN4O4/c2*1-4-43-34(42)31-27(16-9-22-7-14-26(35)15-8-22)39-28(18-21(2)3)30(32(36)40)29(31)24-10-12-25(13-11-24)33(41)38-20-23-6-5-17-37-19-23/h5-8,10-15,17,19,21,29,39H,4,9,16,18,20H2,1-3H3,(H2,36,40)(H,38,41);5-8,10-15,17,19,21H,4,9,16,18,20H2,1-3H3,(H2,36,40)(H,38,41). The first-order chi connectivity index (χ1) is 41.3. The second kappa shape index (κ2) is 30.7. The molecular formula is C68H72F2N8O8. The van der Waals surface area contributed by atoms with Crippen molar-refractivity contribution in [1.29, 1.82) is 0 Å². The maximum absolute atomic E-state index is 13.5. The molecule has 3 aromatic heterocycles. The summed E-state index contributed by atoms with van der Waals surface area (Å²) in [7, 11) is 0. The van der Waals surface area contributed by atoms with E-state index in [2.05, 4.69) is 25.9 Å². The van der Waals surface area contributed by atoms with Crippen LogP contribution in [0.15, 0.2) is 169 Å². The number of amides is 4. The van der Waals surface area contributed by atoms with Gasteiger partial charge in [0.15, 0.2) is 0 Å². The highest BCUT2D eigenvalue weighted by molar-refractivity contribution is 6.09. The van der Waals surface area contributed by atoms with Gasteiger partial charge in [-0.25, -0.2) is 18.4 Å². The van der Waals surface area contributed by atoms with Crippen molar-refractivity contribution in [2.75, 3.05) is 13.2 Å². The van der Waals surface area contributed by atoms with E-state index in [0.717, 1.165) is 22.3 Å². The SMILES string of the molecule is CCOC(=O)C1=C(CCc2ccc(F)cc2)NC(CC(C)C)=C(C(N)=O)C1c1ccc(C(=O)NCc2cccnc2)cc1.CCOC(=O)c1c(CCc2ccc(F)cc2)nc(CC(C)C)c(C(N)=O)c1-c1ccc(C(=O)NCc2cccnc2)cc1. The Balaban J connectivity index is 0.000000246. The molecule has 16 nitrogen and oxygen atoms in total. The predicted octanol–water partition coefficient (Wildman–Crippen LogP) is 10.5. The fraction of sp³-hybridized carbons (Fsp3) is 0.279. The number of hydrogen-bond donors (Lipinski definition) is 5. The Morgan fingerprint density at radius 2 is 1.05 bits per heavy atom. The van der Waals surface area contributed by atoms with Gasteiger partial charge in [0, 0.05) is 71.5 Å². The molecule has 1 aliphatic heterocycles. The number of carbonyl (C=O) groups is 6. The Kier molecular flexibility index (Phi) is 22.8. The first-order valence-corrected chi connectivity index (χ1v) is 28.6. The van der Waals surface area contributed by atoms with Gasteiger partial charge in [-0.15, -0.1) is 0 Å². The zero-order valence-electron chi connectivity index (χ0n) is 49.2. The fourth-order valence-corrected chi connectivity index (χ4v) is 10.1. The molecule has 0 saturated heterocycles. The number of pyridine rings is 3. The van der Waals surface area contributed by atoms with Crippen molar-refractivity contribution >= 4 is 35.6 Å². The average Bonchev–Trinajstić information content (AvgIpc) is 1.64. The second-order valence-corrected chi connectivity index (χ2v) is 21.4. The Labute approximate surface area is 499 Å². The largest absolute Gasteiger partial charge is 0.463 e. The van der Waals surface area contributed by atoms with E-state index in [-0.39, 0.29) is 65.2 Å². The van der Waals surface area contributed by atoms with E-state index in [9.17, 15) is 37.5 Å². The molecule has 0 spiro atoms. The van der Waals surface area contributed by atoms with Gasteiger partial charge in [0.2, 0.25) is 5.91 Å². The van der Waals surface area contributed by atoms with E-state index in [1.54, 1.807) is 124 Å². The molecule has 446 valence electrons. The number of ether oxygens (including phenoxy) is 2. The molecule has 7 aromatic rings. The van der Waals surface area contributed by atoms with Gasteiger partial charge in [0.1, 0.15) is 11.6 Å². The number of benzene rings is 4. The van der Waals surface area contributed by atoms with Crippen LogP contribution >= 0.6 is 0 Å². The summed E-state index contributed by atoms with van der Waals surface area (Å²) in [5.74, 6) is -4.25. The van der Waals surface area contributed by atoms with Crippen molar-refractivity contribution in [3.05, 3.63) is 242 Å². The van der Waals surface area contributed by atoms with Crippen LogP contribution in [0.2, 0.25) is 0 Å². The number of allylic oxidation sites excluding steroid dienone is 2. The monoisotopic (exact) mass is 1170 g/mol. The Morgan fingerprint density at radius 3 is 1.51 bits per heavy atom. The molecular weight excluding hydrogens is 1090 g/mol. The first-order valence-electron chi connectivity index (χ1n) is 28.6. The van der Waals surface area contributed by atoms with Crippen LogP contribution in [0.4, 0.5) is 8.78 Å². The molecule has 7 N–H and O–H groups in total. The molecule has 0 bridgehead atoms. The van der Waals surface area contributed by atoms with E-state index < -0.39 is 29.7 Å². The smallest absolute Gasteiger partial charge is 0.340 e. The number of aryl methyl sites for hydroxylation is 3. The normalized spacial score (nSPS) is 12.9. The Hall–Kier alpha value is -9.71. The summed E-state index contributed by atoms with van der Waals surface area (Å²) in [6.07, 6.45) is 9.42. The van der Waals surface area contributed by atoms with Crippen LogP contribution < -0.4 is 27.4 Å². The predicted molar refractivity (Wildman–Crippen MR) is 324 cm³/mol. The zero-order chi connectivity index (χ0) is 61.9. The lowest BCUT2D eigenvalue weighted by molar-refractivity contribution is -0.138. The van der Waals surface area contributed by atoms with Gasteiger partial charge in [-0.2, -0.15) is 0 Å². The van der Waals surface area contributed by atoms with Gasteiger partial charge < -0.3 is 36.9 Å². The summed E-state index contributed by atoms with van der Waals surface area (Å²) >= 11 is 0. The van der Waals surface area contributed by atoms with Crippen LogP contribution in [-0.4, -0.2) is 63.7 Å². The number of halogens is 2. The molecule has 86 heavy (non-hydrogen) atoms. The van der Waals surface area contributed by atoms with Crippen molar-refractivity contribution in [2.45, 2.75) is 99.1 Å². The Bertz CT molecular complexity index is 3580. The molecule has 0 radical (unpaired) electrons. The van der Waals surface area contributed by atoms with Crippen LogP contribution in [0.1, 0.15) is 141 Å². The van der Waals surface area contributed by atoms with Gasteiger partial charge in [0.25, 0.3) is 17.7 Å². The number of hydrogen-bond acceptors (Lipinski definition) is 12. The molecule has 4 amide bonds. The summed E-state index contributed by atoms with van der Waals surface area (Å²) < 4.78 is 37.9. The molecule has 1 atom stereocenters. The third kappa shape index (κ3) is 17.2. The number of primary amides is 2. The zero-order valence-corrected chi connectivity index (χ0v) is 49.2. The maximum atomic E-state index is 13.5. The third-order valence-electron chi connectivity index (χ3n) is 14.0. The quantitative estimate of drug-likeness (QED) is 0.0355. The summed E-state index contributed by atoms with van der Waals surface area (Å²) in [6.45, 7) is 12.4. The topological polar surface area (TPSA) is 248 Å². The number of dihydropyridines is 1. The highest BCUT2D eigenvalue weighted by atomic mass is 19.1. The lowest BCUT2D eigenvalue weighted by Gasteiger charge is -2.33. The molecule has 0 aliphatic carbocycles. The van der Waals surface area contributed by atoms with E-state index in [4.69, 9.17) is 25.9 Å². The summed E-state index contributed by atoms with van der Waals surface area (Å²) in [5, 5.41) is 9.11. The highest BCUT2D eigenvalue weighted by Gasteiger charge is 2.39.